The Morgan fingerprint density at radius 2 is 1.67 bits per heavy atom. The maximum Gasteiger partial charge on any atom is 0.187 e. The SMILES string of the molecule is [I-].c1ccc(CC[n+]2ccncc2)cc1. The highest BCUT2D eigenvalue weighted by molar-refractivity contribution is 5.14. The van der Waals surface area contributed by atoms with Gasteiger partial charge < -0.3 is 24.0 Å². The number of benzene rings is 1. The first kappa shape index (κ1) is 12.1. The van der Waals surface area contributed by atoms with Crippen LogP contribution in [-0.4, -0.2) is 4.98 Å². The summed E-state index contributed by atoms with van der Waals surface area (Å²) in [7, 11) is 0. The first-order chi connectivity index (χ1) is 6.95. The van der Waals surface area contributed by atoms with E-state index in [1.54, 1.807) is 0 Å². The Morgan fingerprint density at radius 3 is 2.33 bits per heavy atom. The van der Waals surface area contributed by atoms with Crippen LogP contribution in [0.15, 0.2) is 55.1 Å². The summed E-state index contributed by atoms with van der Waals surface area (Å²) >= 11 is 0. The van der Waals surface area contributed by atoms with Crippen LogP contribution in [0.2, 0.25) is 0 Å². The molecule has 0 atom stereocenters. The molecule has 78 valence electrons. The molecule has 0 saturated heterocycles. The molecular formula is C12H13IN2. The van der Waals surface area contributed by atoms with Crippen LogP contribution in [0.3, 0.4) is 0 Å². The van der Waals surface area contributed by atoms with Crippen molar-refractivity contribution in [2.24, 2.45) is 0 Å². The van der Waals surface area contributed by atoms with Gasteiger partial charge in [-0.1, -0.05) is 30.3 Å². The van der Waals surface area contributed by atoms with E-state index in [1.807, 2.05) is 30.9 Å². The van der Waals surface area contributed by atoms with Crippen LogP contribution in [0, 0.1) is 0 Å². The minimum absolute atomic E-state index is 0. The van der Waals surface area contributed by atoms with Crippen LogP contribution >= 0.6 is 0 Å². The Bertz CT molecular complexity index is 336. The predicted octanol–water partition coefficient (Wildman–Crippen LogP) is -1.38. The second kappa shape index (κ2) is 6.50. The van der Waals surface area contributed by atoms with E-state index < -0.39 is 0 Å². The normalized spacial score (nSPS) is 9.33. The molecule has 0 N–H and O–H groups in total. The maximum absolute atomic E-state index is 3.98. The quantitative estimate of drug-likeness (QED) is 0.504. The molecular weight excluding hydrogens is 299 g/mol. The van der Waals surface area contributed by atoms with E-state index in [1.165, 1.54) is 5.56 Å². The highest BCUT2D eigenvalue weighted by atomic mass is 127. The summed E-state index contributed by atoms with van der Waals surface area (Å²) in [5, 5.41) is 0. The van der Waals surface area contributed by atoms with E-state index in [-0.39, 0.29) is 24.0 Å². The molecule has 0 aliphatic heterocycles. The molecule has 0 aliphatic carbocycles. The molecule has 2 rings (SSSR count). The monoisotopic (exact) mass is 312 g/mol. The van der Waals surface area contributed by atoms with E-state index in [0.29, 0.717) is 0 Å². The number of nitrogens with zero attached hydrogens (tertiary/aromatic N) is 2. The summed E-state index contributed by atoms with van der Waals surface area (Å²) in [4.78, 5) is 3.98. The summed E-state index contributed by atoms with van der Waals surface area (Å²) in [5.41, 5.74) is 1.37. The second-order valence-electron chi connectivity index (χ2n) is 3.22. The molecule has 1 aromatic heterocycles. The van der Waals surface area contributed by atoms with Gasteiger partial charge in [0.1, 0.15) is 0 Å². The molecule has 2 nitrogen and oxygen atoms in total. The molecule has 0 unspecified atom stereocenters. The summed E-state index contributed by atoms with van der Waals surface area (Å²) in [5.74, 6) is 0. The van der Waals surface area contributed by atoms with Gasteiger partial charge in [-0.15, -0.1) is 0 Å². The van der Waals surface area contributed by atoms with E-state index in [4.69, 9.17) is 0 Å². The van der Waals surface area contributed by atoms with E-state index >= 15 is 0 Å². The lowest BCUT2D eigenvalue weighted by Crippen LogP contribution is -3.00. The lowest BCUT2D eigenvalue weighted by Gasteiger charge is -1.97. The Labute approximate surface area is 107 Å². The van der Waals surface area contributed by atoms with Crippen molar-refractivity contribution in [3.63, 3.8) is 0 Å². The predicted molar refractivity (Wildman–Crippen MR) is 54.6 cm³/mol. The van der Waals surface area contributed by atoms with Gasteiger partial charge in [0.25, 0.3) is 0 Å². The van der Waals surface area contributed by atoms with Gasteiger partial charge in [0.2, 0.25) is 0 Å². The van der Waals surface area contributed by atoms with Gasteiger partial charge in [-0.25, -0.2) is 4.57 Å². The molecule has 0 saturated carbocycles. The fourth-order valence-corrected chi connectivity index (χ4v) is 1.40. The van der Waals surface area contributed by atoms with E-state index in [9.17, 15) is 0 Å². The van der Waals surface area contributed by atoms with Crippen molar-refractivity contribution in [1.29, 1.82) is 0 Å². The Morgan fingerprint density at radius 1 is 1.00 bits per heavy atom. The third kappa shape index (κ3) is 3.95. The van der Waals surface area contributed by atoms with Crippen LogP contribution in [0.4, 0.5) is 0 Å². The zero-order valence-electron chi connectivity index (χ0n) is 8.38. The van der Waals surface area contributed by atoms with Crippen LogP contribution in [0.25, 0.3) is 0 Å². The van der Waals surface area contributed by atoms with Gasteiger partial charge in [-0.05, 0) is 5.56 Å². The van der Waals surface area contributed by atoms with Crippen molar-refractivity contribution in [2.45, 2.75) is 13.0 Å². The number of hydrogen-bond donors (Lipinski definition) is 0. The van der Waals surface area contributed by atoms with Gasteiger partial charge >= 0.3 is 0 Å². The van der Waals surface area contributed by atoms with E-state index in [2.05, 4.69) is 33.8 Å². The molecule has 15 heavy (non-hydrogen) atoms. The second-order valence-corrected chi connectivity index (χ2v) is 3.22. The molecule has 0 radical (unpaired) electrons. The van der Waals surface area contributed by atoms with Gasteiger partial charge in [-0.2, -0.15) is 0 Å². The smallest absolute Gasteiger partial charge is 0.187 e. The number of hydrogen-bond acceptors (Lipinski definition) is 1. The largest absolute Gasteiger partial charge is 1.00 e. The summed E-state index contributed by atoms with van der Waals surface area (Å²) in [6, 6.07) is 10.5. The molecule has 1 heterocycles. The summed E-state index contributed by atoms with van der Waals surface area (Å²) < 4.78 is 2.14. The highest BCUT2D eigenvalue weighted by Gasteiger charge is 1.98. The topological polar surface area (TPSA) is 16.8 Å². The number of halogens is 1. The minimum Gasteiger partial charge on any atom is -1.00 e. The van der Waals surface area contributed by atoms with Crippen LogP contribution in [-0.2, 0) is 13.0 Å². The van der Waals surface area contributed by atoms with Crippen molar-refractivity contribution in [1.82, 2.24) is 4.98 Å². The average molecular weight is 312 g/mol. The third-order valence-corrected chi connectivity index (χ3v) is 2.19. The van der Waals surface area contributed by atoms with Gasteiger partial charge in [0, 0.05) is 6.42 Å². The minimum atomic E-state index is 0. The maximum atomic E-state index is 3.98. The molecule has 0 bridgehead atoms. The third-order valence-electron chi connectivity index (χ3n) is 2.19. The van der Waals surface area contributed by atoms with Crippen molar-refractivity contribution in [3.05, 3.63) is 60.7 Å². The van der Waals surface area contributed by atoms with Crippen molar-refractivity contribution in [3.8, 4) is 0 Å². The average Bonchev–Trinajstić information content (AvgIpc) is 2.29. The lowest BCUT2D eigenvalue weighted by atomic mass is 10.1. The number of aryl methyl sites for hydroxylation is 2. The lowest BCUT2D eigenvalue weighted by molar-refractivity contribution is -0.697. The van der Waals surface area contributed by atoms with Crippen molar-refractivity contribution < 1.29 is 28.5 Å². The standard InChI is InChI=1S/C12H13N2.HI/c1-2-4-12(5-3-1)6-9-14-10-7-13-8-11-14;/h1-5,7-8,10-11H,6,9H2;1H/q+1;/p-1. The molecule has 2 aromatic rings. The van der Waals surface area contributed by atoms with E-state index in [0.717, 1.165) is 13.0 Å². The Balaban J connectivity index is 0.00000112. The van der Waals surface area contributed by atoms with Crippen LogP contribution in [0.5, 0.6) is 0 Å². The zero-order chi connectivity index (χ0) is 9.64. The molecule has 0 amide bonds. The van der Waals surface area contributed by atoms with Crippen LogP contribution in [0.1, 0.15) is 5.56 Å². The summed E-state index contributed by atoms with van der Waals surface area (Å²) in [6.07, 6.45) is 8.66. The van der Waals surface area contributed by atoms with Crippen molar-refractivity contribution >= 4 is 0 Å². The summed E-state index contributed by atoms with van der Waals surface area (Å²) in [6.45, 7) is 1.01. The molecule has 0 aliphatic rings. The zero-order valence-corrected chi connectivity index (χ0v) is 10.5. The molecule has 0 fully saturated rings. The number of aromatic nitrogens is 2. The van der Waals surface area contributed by atoms with Gasteiger partial charge in [-0.3, -0.25) is 4.98 Å². The highest BCUT2D eigenvalue weighted by Crippen LogP contribution is 1.98. The van der Waals surface area contributed by atoms with Crippen molar-refractivity contribution in [2.75, 3.05) is 0 Å². The molecule has 0 spiro atoms. The first-order valence-electron chi connectivity index (χ1n) is 4.78. The fraction of sp³-hybridized carbons (Fsp3) is 0.167. The first-order valence-corrected chi connectivity index (χ1v) is 4.78. The Hall–Kier alpha value is -0.970. The van der Waals surface area contributed by atoms with Crippen LogP contribution < -0.4 is 28.5 Å². The number of rotatable bonds is 3. The molecule has 1 aromatic carbocycles. The Kier molecular flexibility index (Phi) is 5.25. The fourth-order valence-electron chi connectivity index (χ4n) is 1.40. The van der Waals surface area contributed by atoms with Gasteiger partial charge in [0.05, 0.1) is 12.4 Å². The van der Waals surface area contributed by atoms with Gasteiger partial charge in [0.15, 0.2) is 18.9 Å². The molecule has 3 heteroatoms.